The quantitative estimate of drug-likeness (QED) is 0.627. The van der Waals surface area contributed by atoms with Crippen LogP contribution in [0, 0.1) is 0 Å². The van der Waals surface area contributed by atoms with Crippen molar-refractivity contribution in [3.05, 3.63) is 0 Å². The molecule has 1 aliphatic rings. The number of nitrogens with zero attached hydrogens (tertiary/aromatic N) is 1. The molecule has 0 N–H and O–H groups in total. The van der Waals surface area contributed by atoms with Gasteiger partial charge in [-0.1, -0.05) is 13.8 Å². The van der Waals surface area contributed by atoms with Gasteiger partial charge in [0.15, 0.2) is 0 Å². The van der Waals surface area contributed by atoms with Gasteiger partial charge in [-0.25, -0.2) is 0 Å². The third-order valence-electron chi connectivity index (χ3n) is 2.67. The van der Waals surface area contributed by atoms with Crippen molar-refractivity contribution in [1.29, 1.82) is 0 Å². The Morgan fingerprint density at radius 1 is 1.27 bits per heavy atom. The van der Waals surface area contributed by atoms with E-state index >= 15 is 0 Å². The lowest BCUT2D eigenvalue weighted by Gasteiger charge is -2.28. The van der Waals surface area contributed by atoms with E-state index in [2.05, 4.69) is 25.0 Å². The molecule has 0 amide bonds. The Morgan fingerprint density at radius 2 is 1.82 bits per heavy atom. The van der Waals surface area contributed by atoms with Crippen LogP contribution in [0.4, 0.5) is 0 Å². The Morgan fingerprint density at radius 3 is 2.09 bits per heavy atom. The van der Waals surface area contributed by atoms with Crippen molar-refractivity contribution in [2.24, 2.45) is 0 Å². The summed E-state index contributed by atoms with van der Waals surface area (Å²) in [5.41, 5.74) is 0.614. The molecule has 0 heterocycles. The van der Waals surface area contributed by atoms with Crippen LogP contribution in [-0.2, 0) is 0 Å². The van der Waals surface area contributed by atoms with E-state index in [9.17, 15) is 0 Å². The second kappa shape index (κ2) is 3.81. The van der Waals surface area contributed by atoms with E-state index in [-0.39, 0.29) is 0 Å². The molecule has 0 saturated heterocycles. The summed E-state index contributed by atoms with van der Waals surface area (Å²) in [7, 11) is 0. The van der Waals surface area contributed by atoms with Crippen molar-refractivity contribution < 1.29 is 0 Å². The number of hydrogen-bond donors (Lipinski definition) is 0. The minimum atomic E-state index is 0.614. The predicted molar refractivity (Wildman–Crippen MR) is 53.3 cm³/mol. The number of hydrogen-bond acceptors (Lipinski definition) is 2. The van der Waals surface area contributed by atoms with Crippen LogP contribution >= 0.6 is 11.8 Å². The van der Waals surface area contributed by atoms with E-state index in [1.54, 1.807) is 0 Å². The van der Waals surface area contributed by atoms with Gasteiger partial charge >= 0.3 is 0 Å². The highest BCUT2D eigenvalue weighted by molar-refractivity contribution is 7.98. The molecular weight excluding hydrogens is 154 g/mol. The minimum absolute atomic E-state index is 0.614. The minimum Gasteiger partial charge on any atom is -0.297 e. The van der Waals surface area contributed by atoms with Crippen LogP contribution in [-0.4, -0.2) is 35.5 Å². The largest absolute Gasteiger partial charge is 0.297 e. The van der Waals surface area contributed by atoms with Crippen LogP contribution in [0.3, 0.4) is 0 Å². The van der Waals surface area contributed by atoms with Crippen LogP contribution in [0.15, 0.2) is 0 Å². The Bertz CT molecular complexity index is 117. The van der Waals surface area contributed by atoms with E-state index < -0.39 is 0 Å². The third-order valence-corrected chi connectivity index (χ3v) is 3.50. The maximum absolute atomic E-state index is 2.61. The zero-order chi connectivity index (χ0) is 8.32. The Labute approximate surface area is 74.5 Å². The smallest absolute Gasteiger partial charge is 0.0300 e. The lowest BCUT2D eigenvalue weighted by Crippen LogP contribution is -2.38. The first-order valence-corrected chi connectivity index (χ1v) is 5.92. The van der Waals surface area contributed by atoms with Crippen molar-refractivity contribution in [3.63, 3.8) is 0 Å². The lowest BCUT2D eigenvalue weighted by molar-refractivity contribution is 0.217. The summed E-state index contributed by atoms with van der Waals surface area (Å²) < 4.78 is 0. The molecule has 1 fully saturated rings. The standard InChI is InChI=1S/C9H19NS/c1-4-10(5-2)9(6-7-9)8-11-3/h4-8H2,1-3H3. The third kappa shape index (κ3) is 1.91. The van der Waals surface area contributed by atoms with Gasteiger partial charge in [0.05, 0.1) is 0 Å². The highest BCUT2D eigenvalue weighted by Crippen LogP contribution is 2.43. The molecule has 0 radical (unpaired) electrons. The van der Waals surface area contributed by atoms with Crippen molar-refractivity contribution in [2.75, 3.05) is 25.1 Å². The highest BCUT2D eigenvalue weighted by Gasteiger charge is 2.45. The number of thioether (sulfide) groups is 1. The SMILES string of the molecule is CCN(CC)C1(CSC)CC1. The molecule has 1 rings (SSSR count). The summed E-state index contributed by atoms with van der Waals surface area (Å²) in [5.74, 6) is 1.33. The van der Waals surface area contributed by atoms with Gasteiger partial charge in [0.25, 0.3) is 0 Å². The van der Waals surface area contributed by atoms with Crippen molar-refractivity contribution in [2.45, 2.75) is 32.2 Å². The number of rotatable bonds is 5. The van der Waals surface area contributed by atoms with E-state index in [0.717, 1.165) is 0 Å². The summed E-state index contributed by atoms with van der Waals surface area (Å²) >= 11 is 1.99. The van der Waals surface area contributed by atoms with E-state index in [0.29, 0.717) is 5.54 Å². The van der Waals surface area contributed by atoms with Crippen LogP contribution in [0.25, 0.3) is 0 Å². The fourth-order valence-electron chi connectivity index (χ4n) is 1.86. The Kier molecular flexibility index (Phi) is 3.26. The van der Waals surface area contributed by atoms with E-state index in [1.165, 1.54) is 31.7 Å². The zero-order valence-corrected chi connectivity index (χ0v) is 8.71. The van der Waals surface area contributed by atoms with Gasteiger partial charge in [-0.3, -0.25) is 4.90 Å². The van der Waals surface area contributed by atoms with Gasteiger partial charge in [-0.15, -0.1) is 0 Å². The molecule has 0 aromatic rings. The first-order chi connectivity index (χ1) is 5.29. The molecule has 11 heavy (non-hydrogen) atoms. The maximum Gasteiger partial charge on any atom is 0.0300 e. The fraction of sp³-hybridized carbons (Fsp3) is 1.00. The zero-order valence-electron chi connectivity index (χ0n) is 7.89. The molecule has 0 atom stereocenters. The highest BCUT2D eigenvalue weighted by atomic mass is 32.2. The molecule has 0 spiro atoms. The average Bonchev–Trinajstić information content (AvgIpc) is 2.73. The fourth-order valence-corrected chi connectivity index (χ4v) is 2.87. The van der Waals surface area contributed by atoms with Crippen molar-refractivity contribution in [1.82, 2.24) is 4.90 Å². The lowest BCUT2D eigenvalue weighted by atomic mass is 10.2. The molecule has 0 bridgehead atoms. The molecule has 1 saturated carbocycles. The normalized spacial score (nSPS) is 20.7. The topological polar surface area (TPSA) is 3.24 Å². The second-order valence-corrected chi connectivity index (χ2v) is 4.20. The monoisotopic (exact) mass is 173 g/mol. The summed E-state index contributed by atoms with van der Waals surface area (Å²) in [6.07, 6.45) is 5.06. The van der Waals surface area contributed by atoms with Crippen LogP contribution in [0.2, 0.25) is 0 Å². The summed E-state index contributed by atoms with van der Waals surface area (Å²) in [5, 5.41) is 0. The van der Waals surface area contributed by atoms with Crippen LogP contribution in [0.1, 0.15) is 26.7 Å². The summed E-state index contributed by atoms with van der Waals surface area (Å²) in [4.78, 5) is 2.61. The van der Waals surface area contributed by atoms with E-state index in [4.69, 9.17) is 0 Å². The van der Waals surface area contributed by atoms with Crippen molar-refractivity contribution >= 4 is 11.8 Å². The molecule has 0 aromatic carbocycles. The molecule has 66 valence electrons. The summed E-state index contributed by atoms with van der Waals surface area (Å²) in [6, 6.07) is 0. The predicted octanol–water partition coefficient (Wildman–Crippen LogP) is 2.22. The molecule has 0 aliphatic heterocycles. The van der Waals surface area contributed by atoms with Gasteiger partial charge in [-0.05, 0) is 32.2 Å². The van der Waals surface area contributed by atoms with Crippen LogP contribution < -0.4 is 0 Å². The Balaban J connectivity index is 2.41. The molecular formula is C9H19NS. The first kappa shape index (κ1) is 9.40. The maximum atomic E-state index is 2.61. The summed E-state index contributed by atoms with van der Waals surface area (Å²) in [6.45, 7) is 6.97. The van der Waals surface area contributed by atoms with E-state index in [1.807, 2.05) is 11.8 Å². The van der Waals surface area contributed by atoms with Crippen molar-refractivity contribution in [3.8, 4) is 0 Å². The van der Waals surface area contributed by atoms with Gasteiger partial charge in [0.2, 0.25) is 0 Å². The van der Waals surface area contributed by atoms with Gasteiger partial charge in [0.1, 0.15) is 0 Å². The first-order valence-electron chi connectivity index (χ1n) is 4.53. The molecule has 1 nitrogen and oxygen atoms in total. The van der Waals surface area contributed by atoms with Gasteiger partial charge in [-0.2, -0.15) is 11.8 Å². The molecule has 0 aromatic heterocycles. The molecule has 1 aliphatic carbocycles. The van der Waals surface area contributed by atoms with Gasteiger partial charge in [0, 0.05) is 11.3 Å². The average molecular weight is 173 g/mol. The second-order valence-electron chi connectivity index (χ2n) is 3.33. The van der Waals surface area contributed by atoms with Gasteiger partial charge < -0.3 is 0 Å². The molecule has 2 heteroatoms. The molecule has 0 unspecified atom stereocenters. The Hall–Kier alpha value is 0.310. The van der Waals surface area contributed by atoms with Crippen LogP contribution in [0.5, 0.6) is 0 Å².